The number of ketones is 1. The summed E-state index contributed by atoms with van der Waals surface area (Å²) < 4.78 is 1.70. The fourth-order valence-electron chi connectivity index (χ4n) is 2.35. The first kappa shape index (κ1) is 12.6. The third kappa shape index (κ3) is 2.24. The van der Waals surface area contributed by atoms with Crippen LogP contribution < -0.4 is 5.32 Å². The fourth-order valence-corrected chi connectivity index (χ4v) is 2.58. The van der Waals surface area contributed by atoms with Gasteiger partial charge in [-0.2, -0.15) is 5.10 Å². The van der Waals surface area contributed by atoms with Gasteiger partial charge in [-0.25, -0.2) is 0 Å². The molecule has 0 bridgehead atoms. The van der Waals surface area contributed by atoms with E-state index in [9.17, 15) is 4.79 Å². The van der Waals surface area contributed by atoms with Crippen molar-refractivity contribution in [1.29, 1.82) is 0 Å². The van der Waals surface area contributed by atoms with Gasteiger partial charge in [-0.1, -0.05) is 11.6 Å². The van der Waals surface area contributed by atoms with Gasteiger partial charge in [-0.05, 0) is 33.2 Å². The largest absolute Gasteiger partial charge is 0.305 e. The maximum atomic E-state index is 12.3. The third-order valence-corrected chi connectivity index (χ3v) is 4.07. The smallest absolute Gasteiger partial charge is 0.158 e. The first-order valence-corrected chi connectivity index (χ1v) is 6.28. The first-order valence-electron chi connectivity index (χ1n) is 5.90. The molecule has 2 heterocycles. The summed E-state index contributed by atoms with van der Waals surface area (Å²) in [7, 11) is 1.83. The molecule has 1 unspecified atom stereocenters. The number of nitrogens with one attached hydrogen (secondary N) is 1. The molecular weight excluding hydrogens is 238 g/mol. The summed E-state index contributed by atoms with van der Waals surface area (Å²) in [6, 6.07) is 0. The van der Waals surface area contributed by atoms with Crippen LogP contribution in [0, 0.1) is 6.92 Å². The highest BCUT2D eigenvalue weighted by atomic mass is 35.5. The third-order valence-electron chi connectivity index (χ3n) is 3.57. The molecule has 0 saturated carbocycles. The summed E-state index contributed by atoms with van der Waals surface area (Å²) in [4.78, 5) is 12.3. The van der Waals surface area contributed by atoms with Crippen molar-refractivity contribution in [1.82, 2.24) is 15.1 Å². The van der Waals surface area contributed by atoms with Crippen LogP contribution in [-0.2, 0) is 18.3 Å². The van der Waals surface area contributed by atoms with Crippen molar-refractivity contribution in [3.63, 3.8) is 0 Å². The minimum Gasteiger partial charge on any atom is -0.305 e. The van der Waals surface area contributed by atoms with E-state index in [1.165, 1.54) is 0 Å². The number of aryl methyl sites for hydroxylation is 2. The topological polar surface area (TPSA) is 46.9 Å². The predicted molar refractivity (Wildman–Crippen MR) is 67.3 cm³/mol. The van der Waals surface area contributed by atoms with Crippen LogP contribution in [0.5, 0.6) is 0 Å². The van der Waals surface area contributed by atoms with Crippen molar-refractivity contribution in [2.45, 2.75) is 38.6 Å². The highest BCUT2D eigenvalue weighted by molar-refractivity contribution is 6.32. The number of carbonyl (C=O) groups is 1. The van der Waals surface area contributed by atoms with E-state index in [1.54, 1.807) is 4.68 Å². The highest BCUT2D eigenvalue weighted by Gasteiger charge is 2.36. The second-order valence-corrected chi connectivity index (χ2v) is 5.31. The Labute approximate surface area is 106 Å². The quantitative estimate of drug-likeness (QED) is 0.893. The standard InChI is InChI=1S/C12H18ClN3O/c1-8-11(13)9(16(3)15-8)7-10(17)12(2)5-4-6-14-12/h14H,4-7H2,1-3H3. The van der Waals surface area contributed by atoms with Crippen LogP contribution in [0.2, 0.25) is 5.02 Å². The molecule has 5 heteroatoms. The molecule has 0 amide bonds. The Balaban J connectivity index is 2.18. The number of Topliss-reactive ketones (excluding diaryl/α,β-unsaturated/α-hetero) is 1. The lowest BCUT2D eigenvalue weighted by Crippen LogP contribution is -2.45. The molecule has 4 nitrogen and oxygen atoms in total. The zero-order valence-corrected chi connectivity index (χ0v) is 11.3. The molecule has 2 rings (SSSR count). The van der Waals surface area contributed by atoms with E-state index >= 15 is 0 Å². The lowest BCUT2D eigenvalue weighted by Gasteiger charge is -2.22. The maximum absolute atomic E-state index is 12.3. The van der Waals surface area contributed by atoms with Crippen molar-refractivity contribution in [3.05, 3.63) is 16.4 Å². The molecule has 1 fully saturated rings. The zero-order chi connectivity index (χ0) is 12.6. The molecule has 1 N–H and O–H groups in total. The number of aromatic nitrogens is 2. The molecule has 1 atom stereocenters. The number of carbonyl (C=O) groups excluding carboxylic acids is 1. The minimum atomic E-state index is -0.387. The van der Waals surface area contributed by atoms with Crippen LogP contribution in [-0.4, -0.2) is 27.6 Å². The van der Waals surface area contributed by atoms with Gasteiger partial charge in [0.15, 0.2) is 5.78 Å². The highest BCUT2D eigenvalue weighted by Crippen LogP contribution is 2.25. The Morgan fingerprint density at radius 2 is 2.35 bits per heavy atom. The normalized spacial score (nSPS) is 24.2. The lowest BCUT2D eigenvalue weighted by molar-refractivity contribution is -0.123. The molecule has 1 aliphatic heterocycles. The van der Waals surface area contributed by atoms with E-state index in [1.807, 2.05) is 20.9 Å². The molecule has 0 aromatic carbocycles. The summed E-state index contributed by atoms with van der Waals surface area (Å²) in [5, 5.41) is 8.11. The average molecular weight is 256 g/mol. The number of halogens is 1. The van der Waals surface area contributed by atoms with Gasteiger partial charge >= 0.3 is 0 Å². The monoisotopic (exact) mass is 255 g/mol. The summed E-state index contributed by atoms with van der Waals surface area (Å²) in [6.45, 7) is 4.74. The van der Waals surface area contributed by atoms with Gasteiger partial charge < -0.3 is 5.32 Å². The Bertz CT molecular complexity index is 447. The van der Waals surface area contributed by atoms with Gasteiger partial charge in [0.2, 0.25) is 0 Å². The molecule has 1 saturated heterocycles. The van der Waals surface area contributed by atoms with E-state index in [2.05, 4.69) is 10.4 Å². The second-order valence-electron chi connectivity index (χ2n) is 4.93. The molecule has 1 aromatic heterocycles. The van der Waals surface area contributed by atoms with Gasteiger partial charge in [-0.15, -0.1) is 0 Å². The van der Waals surface area contributed by atoms with Gasteiger partial charge in [0.05, 0.1) is 28.4 Å². The predicted octanol–water partition coefficient (Wildman–Crippen LogP) is 1.64. The molecule has 0 radical (unpaired) electrons. The molecule has 17 heavy (non-hydrogen) atoms. The summed E-state index contributed by atoms with van der Waals surface area (Å²) in [6.07, 6.45) is 2.31. The van der Waals surface area contributed by atoms with E-state index in [0.29, 0.717) is 11.4 Å². The molecule has 0 spiro atoms. The van der Waals surface area contributed by atoms with Crippen LogP contribution in [0.3, 0.4) is 0 Å². The molecular formula is C12H18ClN3O. The van der Waals surface area contributed by atoms with Gasteiger partial charge in [-0.3, -0.25) is 9.48 Å². The van der Waals surface area contributed by atoms with Crippen molar-refractivity contribution >= 4 is 17.4 Å². The molecule has 1 aromatic rings. The number of hydrogen-bond donors (Lipinski definition) is 1. The van der Waals surface area contributed by atoms with Crippen molar-refractivity contribution in [2.75, 3.05) is 6.54 Å². The van der Waals surface area contributed by atoms with Crippen LogP contribution in [0.1, 0.15) is 31.2 Å². The Morgan fingerprint density at radius 1 is 1.65 bits per heavy atom. The Hall–Kier alpha value is -0.870. The zero-order valence-electron chi connectivity index (χ0n) is 10.5. The minimum absolute atomic E-state index is 0.194. The van der Waals surface area contributed by atoms with E-state index in [0.717, 1.165) is 30.8 Å². The maximum Gasteiger partial charge on any atom is 0.158 e. The van der Waals surface area contributed by atoms with Crippen molar-refractivity contribution in [3.8, 4) is 0 Å². The van der Waals surface area contributed by atoms with Crippen molar-refractivity contribution < 1.29 is 4.79 Å². The number of nitrogens with zero attached hydrogens (tertiary/aromatic N) is 2. The van der Waals surface area contributed by atoms with Crippen molar-refractivity contribution in [2.24, 2.45) is 7.05 Å². The Kier molecular flexibility index (Phi) is 3.27. The van der Waals surface area contributed by atoms with Gasteiger partial charge in [0.1, 0.15) is 0 Å². The van der Waals surface area contributed by atoms with Gasteiger partial charge in [0, 0.05) is 7.05 Å². The summed E-state index contributed by atoms with van der Waals surface area (Å²) in [5.41, 5.74) is 1.20. The van der Waals surface area contributed by atoms with E-state index in [-0.39, 0.29) is 11.3 Å². The average Bonchev–Trinajstić information content (AvgIpc) is 2.80. The number of rotatable bonds is 3. The molecule has 1 aliphatic rings. The lowest BCUT2D eigenvalue weighted by atomic mass is 9.91. The second kappa shape index (κ2) is 4.42. The Morgan fingerprint density at radius 3 is 2.82 bits per heavy atom. The molecule has 94 valence electrons. The summed E-state index contributed by atoms with van der Waals surface area (Å²) in [5.74, 6) is 0.194. The van der Waals surface area contributed by atoms with E-state index < -0.39 is 0 Å². The van der Waals surface area contributed by atoms with Crippen LogP contribution in [0.25, 0.3) is 0 Å². The fraction of sp³-hybridized carbons (Fsp3) is 0.667. The van der Waals surface area contributed by atoms with Crippen LogP contribution in [0.15, 0.2) is 0 Å². The SMILES string of the molecule is Cc1nn(C)c(CC(=O)C2(C)CCCN2)c1Cl. The van der Waals surface area contributed by atoms with Crippen LogP contribution in [0.4, 0.5) is 0 Å². The van der Waals surface area contributed by atoms with Crippen LogP contribution >= 0.6 is 11.6 Å². The first-order chi connectivity index (χ1) is 7.94. The van der Waals surface area contributed by atoms with Gasteiger partial charge in [0.25, 0.3) is 0 Å². The van der Waals surface area contributed by atoms with E-state index in [4.69, 9.17) is 11.6 Å². The number of hydrogen-bond acceptors (Lipinski definition) is 3. The summed E-state index contributed by atoms with van der Waals surface area (Å²) >= 11 is 6.15. The molecule has 0 aliphatic carbocycles.